The van der Waals surface area contributed by atoms with Gasteiger partial charge in [0.2, 0.25) is 5.95 Å². The quantitative estimate of drug-likeness (QED) is 0.742. The van der Waals surface area contributed by atoms with Gasteiger partial charge in [0.15, 0.2) is 0 Å². The van der Waals surface area contributed by atoms with Crippen LogP contribution in [0.2, 0.25) is 0 Å². The molecule has 2 aromatic rings. The third-order valence-corrected chi connectivity index (χ3v) is 2.95. The Morgan fingerprint density at radius 1 is 1.50 bits per heavy atom. The zero-order valence-corrected chi connectivity index (χ0v) is 10.2. The molecule has 2 N–H and O–H groups in total. The fourth-order valence-corrected chi connectivity index (χ4v) is 2.08. The molecule has 1 aliphatic heterocycles. The molecule has 8 heteroatoms. The zero-order valence-electron chi connectivity index (χ0n) is 10.2. The van der Waals surface area contributed by atoms with Gasteiger partial charge in [0.1, 0.15) is 25.0 Å². The van der Waals surface area contributed by atoms with E-state index in [4.69, 9.17) is 0 Å². The van der Waals surface area contributed by atoms with Crippen LogP contribution in [-0.4, -0.2) is 55.6 Å². The Bertz CT molecular complexity index is 490. The van der Waals surface area contributed by atoms with E-state index in [2.05, 4.69) is 42.4 Å². The first kappa shape index (κ1) is 11.1. The molecule has 0 spiro atoms. The number of nitrogens with zero attached hydrogens (tertiary/aromatic N) is 6. The Hall–Kier alpha value is -1.96. The normalized spacial score (nSPS) is 20.3. The molecule has 1 unspecified atom stereocenters. The number of rotatable bonds is 3. The number of aromatic nitrogens is 6. The second-order valence-electron chi connectivity index (χ2n) is 4.48. The van der Waals surface area contributed by atoms with Crippen molar-refractivity contribution in [1.29, 1.82) is 0 Å². The second kappa shape index (κ2) is 4.73. The Morgan fingerprint density at radius 2 is 2.44 bits per heavy atom. The summed E-state index contributed by atoms with van der Waals surface area (Å²) in [7, 11) is 0. The van der Waals surface area contributed by atoms with Crippen LogP contribution in [0.15, 0.2) is 12.7 Å². The summed E-state index contributed by atoms with van der Waals surface area (Å²) in [5.74, 6) is 1.56. The predicted molar refractivity (Wildman–Crippen MR) is 65.2 cm³/mol. The maximum Gasteiger partial charge on any atom is 0.244 e. The highest BCUT2D eigenvalue weighted by atomic mass is 15.4. The molecule has 1 aliphatic rings. The summed E-state index contributed by atoms with van der Waals surface area (Å²) in [5.41, 5.74) is 0. The van der Waals surface area contributed by atoms with Crippen LogP contribution < -0.4 is 10.2 Å². The average molecular weight is 248 g/mol. The molecular weight excluding hydrogens is 232 g/mol. The molecule has 1 saturated heterocycles. The molecule has 1 fully saturated rings. The highest BCUT2D eigenvalue weighted by molar-refractivity contribution is 5.30. The summed E-state index contributed by atoms with van der Waals surface area (Å²) in [6.45, 7) is 5.56. The van der Waals surface area contributed by atoms with Gasteiger partial charge in [-0.2, -0.15) is 10.1 Å². The first-order chi connectivity index (χ1) is 8.81. The molecule has 0 saturated carbocycles. The van der Waals surface area contributed by atoms with Crippen LogP contribution in [0.5, 0.6) is 0 Å². The average Bonchev–Trinajstić information content (AvgIpc) is 3.01. The van der Waals surface area contributed by atoms with Crippen LogP contribution in [0.3, 0.4) is 0 Å². The zero-order chi connectivity index (χ0) is 12.4. The van der Waals surface area contributed by atoms with Crippen molar-refractivity contribution in [1.82, 2.24) is 35.3 Å². The van der Waals surface area contributed by atoms with E-state index >= 15 is 0 Å². The van der Waals surface area contributed by atoms with E-state index in [1.165, 1.54) is 6.33 Å². The van der Waals surface area contributed by atoms with Crippen molar-refractivity contribution in [2.75, 3.05) is 24.5 Å². The van der Waals surface area contributed by atoms with Gasteiger partial charge < -0.3 is 10.2 Å². The third kappa shape index (κ3) is 2.33. The molecule has 18 heavy (non-hydrogen) atoms. The lowest BCUT2D eigenvalue weighted by Gasteiger charge is -2.30. The standard InChI is InChI=1S/C10H16N8/c1-8-4-17(3-2-12-8)10-14-9(15-16-10)5-18-7-11-6-13-18/h6-8,12H,2-5H2,1H3,(H,14,15,16). The van der Waals surface area contributed by atoms with Crippen molar-refractivity contribution in [2.45, 2.75) is 19.5 Å². The van der Waals surface area contributed by atoms with E-state index in [0.717, 1.165) is 31.4 Å². The van der Waals surface area contributed by atoms with E-state index in [-0.39, 0.29) is 0 Å². The van der Waals surface area contributed by atoms with Crippen LogP contribution in [0, 0.1) is 0 Å². The highest BCUT2D eigenvalue weighted by Crippen LogP contribution is 2.10. The molecule has 1 atom stereocenters. The summed E-state index contributed by atoms with van der Waals surface area (Å²) in [5, 5.41) is 14.6. The van der Waals surface area contributed by atoms with Gasteiger partial charge in [-0.3, -0.25) is 5.10 Å². The predicted octanol–water partition coefficient (Wildman–Crippen LogP) is -0.757. The molecule has 3 rings (SSSR count). The van der Waals surface area contributed by atoms with Crippen molar-refractivity contribution in [2.24, 2.45) is 0 Å². The summed E-state index contributed by atoms with van der Waals surface area (Å²) in [6.07, 6.45) is 3.17. The Morgan fingerprint density at radius 3 is 3.22 bits per heavy atom. The number of H-pyrrole nitrogens is 1. The van der Waals surface area contributed by atoms with Crippen molar-refractivity contribution >= 4 is 5.95 Å². The third-order valence-electron chi connectivity index (χ3n) is 2.95. The molecule has 0 aliphatic carbocycles. The van der Waals surface area contributed by atoms with Crippen molar-refractivity contribution in [3.05, 3.63) is 18.5 Å². The van der Waals surface area contributed by atoms with Gasteiger partial charge in [-0.15, -0.1) is 5.10 Å². The number of nitrogens with one attached hydrogen (secondary N) is 2. The van der Waals surface area contributed by atoms with Crippen molar-refractivity contribution in [3.8, 4) is 0 Å². The lowest BCUT2D eigenvalue weighted by atomic mass is 10.2. The van der Waals surface area contributed by atoms with Gasteiger partial charge in [0, 0.05) is 25.7 Å². The lowest BCUT2D eigenvalue weighted by molar-refractivity contribution is 0.479. The molecule has 3 heterocycles. The SMILES string of the molecule is CC1CN(c2n[nH]c(Cn3cncn3)n2)CCN1. The highest BCUT2D eigenvalue weighted by Gasteiger charge is 2.19. The minimum Gasteiger partial charge on any atom is -0.337 e. The molecule has 0 radical (unpaired) electrons. The van der Waals surface area contributed by atoms with Crippen LogP contribution in [0.25, 0.3) is 0 Å². The number of hydrogen-bond acceptors (Lipinski definition) is 6. The molecule has 8 nitrogen and oxygen atoms in total. The van der Waals surface area contributed by atoms with E-state index in [1.807, 2.05) is 0 Å². The van der Waals surface area contributed by atoms with E-state index in [1.54, 1.807) is 11.0 Å². The number of piperazine rings is 1. The van der Waals surface area contributed by atoms with Gasteiger partial charge in [-0.25, -0.2) is 9.67 Å². The number of hydrogen-bond donors (Lipinski definition) is 2. The largest absolute Gasteiger partial charge is 0.337 e. The summed E-state index contributed by atoms with van der Waals surface area (Å²) >= 11 is 0. The van der Waals surface area contributed by atoms with Crippen molar-refractivity contribution in [3.63, 3.8) is 0 Å². The first-order valence-electron chi connectivity index (χ1n) is 6.03. The molecule has 0 aromatic carbocycles. The summed E-state index contributed by atoms with van der Waals surface area (Å²) < 4.78 is 1.71. The minimum atomic E-state index is 0.469. The molecule has 96 valence electrons. The van der Waals surface area contributed by atoms with Crippen LogP contribution in [0.1, 0.15) is 12.7 Å². The fraction of sp³-hybridized carbons (Fsp3) is 0.600. The van der Waals surface area contributed by atoms with Gasteiger partial charge in [0.25, 0.3) is 0 Å². The summed E-state index contributed by atoms with van der Waals surface area (Å²) in [6, 6.07) is 0.469. The van der Waals surface area contributed by atoms with E-state index in [0.29, 0.717) is 12.6 Å². The van der Waals surface area contributed by atoms with E-state index in [9.17, 15) is 0 Å². The Balaban J connectivity index is 1.69. The topological polar surface area (TPSA) is 87.6 Å². The molecular formula is C10H16N8. The maximum absolute atomic E-state index is 4.49. The molecule has 0 amide bonds. The van der Waals surface area contributed by atoms with Gasteiger partial charge >= 0.3 is 0 Å². The molecule has 0 bridgehead atoms. The Labute approximate surface area is 104 Å². The number of aromatic amines is 1. The van der Waals surface area contributed by atoms with Gasteiger partial charge in [-0.1, -0.05) is 0 Å². The summed E-state index contributed by atoms with van der Waals surface area (Å²) in [4.78, 5) is 10.6. The number of anilines is 1. The monoisotopic (exact) mass is 248 g/mol. The fourth-order valence-electron chi connectivity index (χ4n) is 2.08. The van der Waals surface area contributed by atoms with Gasteiger partial charge in [-0.05, 0) is 6.92 Å². The smallest absolute Gasteiger partial charge is 0.244 e. The lowest BCUT2D eigenvalue weighted by Crippen LogP contribution is -2.49. The first-order valence-corrected chi connectivity index (χ1v) is 6.03. The maximum atomic E-state index is 4.49. The second-order valence-corrected chi connectivity index (χ2v) is 4.48. The molecule has 2 aromatic heterocycles. The van der Waals surface area contributed by atoms with Crippen LogP contribution in [0.4, 0.5) is 5.95 Å². The van der Waals surface area contributed by atoms with E-state index < -0.39 is 0 Å². The van der Waals surface area contributed by atoms with Crippen LogP contribution >= 0.6 is 0 Å². The van der Waals surface area contributed by atoms with Crippen molar-refractivity contribution < 1.29 is 0 Å². The van der Waals surface area contributed by atoms with Crippen LogP contribution in [-0.2, 0) is 6.54 Å². The minimum absolute atomic E-state index is 0.469. The van der Waals surface area contributed by atoms with Gasteiger partial charge in [0.05, 0.1) is 0 Å². The Kier molecular flexibility index (Phi) is 2.93.